The van der Waals surface area contributed by atoms with E-state index in [2.05, 4.69) is 15.6 Å². The molecule has 2 heterocycles. The van der Waals surface area contributed by atoms with Gasteiger partial charge in [-0.1, -0.05) is 6.07 Å². The van der Waals surface area contributed by atoms with Gasteiger partial charge in [0.25, 0.3) is 0 Å². The monoisotopic (exact) mass is 380 g/mol. The van der Waals surface area contributed by atoms with E-state index in [-0.39, 0.29) is 30.0 Å². The molecule has 0 aliphatic carbocycles. The second-order valence-corrected chi connectivity index (χ2v) is 8.72. The number of halogens is 1. The third-order valence-electron chi connectivity index (χ3n) is 4.47. The molecule has 0 radical (unpaired) electrons. The van der Waals surface area contributed by atoms with Crippen LogP contribution in [0.4, 0.5) is 9.18 Å². The lowest BCUT2D eigenvalue weighted by Crippen LogP contribution is -2.39. The summed E-state index contributed by atoms with van der Waals surface area (Å²) in [4.78, 5) is 15.8. The summed E-state index contributed by atoms with van der Waals surface area (Å²) in [5.41, 5.74) is 1.04. The number of aromatic nitrogens is 2. The van der Waals surface area contributed by atoms with Gasteiger partial charge in [-0.2, -0.15) is 0 Å². The Morgan fingerprint density at radius 1 is 1.27 bits per heavy atom. The molecule has 7 nitrogen and oxygen atoms in total. The summed E-state index contributed by atoms with van der Waals surface area (Å²) in [6, 6.07) is 4.40. The van der Waals surface area contributed by atoms with Crippen molar-refractivity contribution in [3.63, 3.8) is 0 Å². The molecular formula is C17H21FN4O3S. The number of carbonyl (C=O) groups is 1. The van der Waals surface area contributed by atoms with Crippen LogP contribution in [-0.4, -0.2) is 42.1 Å². The van der Waals surface area contributed by atoms with Crippen molar-refractivity contribution >= 4 is 15.9 Å². The van der Waals surface area contributed by atoms with Gasteiger partial charge in [0.15, 0.2) is 0 Å². The minimum absolute atomic E-state index is 0.177. The van der Waals surface area contributed by atoms with Crippen LogP contribution in [-0.2, 0) is 16.4 Å². The summed E-state index contributed by atoms with van der Waals surface area (Å²) in [5.74, 6) is 0.148. The molecule has 0 unspecified atom stereocenters. The van der Waals surface area contributed by atoms with Crippen molar-refractivity contribution in [3.8, 4) is 5.69 Å². The molecule has 9 heteroatoms. The van der Waals surface area contributed by atoms with E-state index < -0.39 is 15.7 Å². The average molecular weight is 380 g/mol. The average Bonchev–Trinajstić information content (AvgIpc) is 3.13. The maximum absolute atomic E-state index is 14.2. The molecule has 0 bridgehead atoms. The van der Waals surface area contributed by atoms with E-state index in [1.807, 2.05) is 0 Å². The molecule has 1 aliphatic heterocycles. The summed E-state index contributed by atoms with van der Waals surface area (Å²) in [6.45, 7) is 0.640. The van der Waals surface area contributed by atoms with Crippen molar-refractivity contribution in [3.05, 3.63) is 48.3 Å². The van der Waals surface area contributed by atoms with Crippen LogP contribution in [0, 0.1) is 11.7 Å². The number of hydrogen-bond acceptors (Lipinski definition) is 4. The van der Waals surface area contributed by atoms with Gasteiger partial charge in [-0.05, 0) is 36.5 Å². The number of benzene rings is 1. The highest BCUT2D eigenvalue weighted by molar-refractivity contribution is 7.91. The van der Waals surface area contributed by atoms with Gasteiger partial charge in [-0.25, -0.2) is 22.6 Å². The summed E-state index contributed by atoms with van der Waals surface area (Å²) >= 11 is 0. The Morgan fingerprint density at radius 2 is 2.04 bits per heavy atom. The zero-order chi connectivity index (χ0) is 18.6. The van der Waals surface area contributed by atoms with Crippen molar-refractivity contribution in [1.29, 1.82) is 0 Å². The lowest BCUT2D eigenvalue weighted by molar-refractivity contribution is 0.238. The number of nitrogens with one attached hydrogen (secondary N) is 2. The number of hydrogen-bond donors (Lipinski definition) is 2. The fourth-order valence-electron chi connectivity index (χ4n) is 2.90. The molecule has 0 spiro atoms. The zero-order valence-electron chi connectivity index (χ0n) is 14.2. The number of urea groups is 1. The van der Waals surface area contributed by atoms with E-state index in [0.717, 1.165) is 0 Å². The topological polar surface area (TPSA) is 93.1 Å². The summed E-state index contributed by atoms with van der Waals surface area (Å²) in [5, 5.41) is 5.43. The van der Waals surface area contributed by atoms with Gasteiger partial charge in [0.1, 0.15) is 15.7 Å². The molecule has 1 aromatic carbocycles. The van der Waals surface area contributed by atoms with E-state index in [4.69, 9.17) is 0 Å². The third-order valence-corrected chi connectivity index (χ3v) is 6.19. The first kappa shape index (κ1) is 18.4. The zero-order valence-corrected chi connectivity index (χ0v) is 15.0. The first-order chi connectivity index (χ1) is 12.4. The number of amides is 2. The van der Waals surface area contributed by atoms with Gasteiger partial charge in [-0.3, -0.25) is 0 Å². The van der Waals surface area contributed by atoms with E-state index in [9.17, 15) is 17.6 Å². The smallest absolute Gasteiger partial charge is 0.315 e. The number of imidazole rings is 1. The second-order valence-electron chi connectivity index (χ2n) is 6.41. The Labute approximate surface area is 151 Å². The maximum atomic E-state index is 14.2. The largest absolute Gasteiger partial charge is 0.338 e. The van der Waals surface area contributed by atoms with Crippen LogP contribution in [0.1, 0.15) is 18.4 Å². The molecular weight excluding hydrogens is 359 g/mol. The molecule has 1 aromatic heterocycles. The molecule has 0 atom stereocenters. The van der Waals surface area contributed by atoms with Gasteiger partial charge in [0.2, 0.25) is 0 Å². The lowest BCUT2D eigenvalue weighted by atomic mass is 10.0. The predicted octanol–water partition coefficient (Wildman–Crippen LogP) is 1.64. The molecule has 1 aliphatic rings. The SMILES string of the molecule is O=C(NCc1ccc(-n2ccnc2)c(F)c1)NCC1CCS(=O)(=O)CC1. The van der Waals surface area contributed by atoms with Crippen LogP contribution >= 0.6 is 0 Å². The van der Waals surface area contributed by atoms with Crippen molar-refractivity contribution in [2.75, 3.05) is 18.1 Å². The van der Waals surface area contributed by atoms with Crippen LogP contribution in [0.5, 0.6) is 0 Å². The van der Waals surface area contributed by atoms with Crippen molar-refractivity contribution in [1.82, 2.24) is 20.2 Å². The highest BCUT2D eigenvalue weighted by atomic mass is 32.2. The highest BCUT2D eigenvalue weighted by Gasteiger charge is 2.23. The number of carbonyl (C=O) groups excluding carboxylic acids is 1. The van der Waals surface area contributed by atoms with E-state index in [0.29, 0.717) is 30.6 Å². The Kier molecular flexibility index (Phi) is 5.55. The van der Waals surface area contributed by atoms with Crippen molar-refractivity contribution in [2.45, 2.75) is 19.4 Å². The minimum atomic E-state index is -2.89. The van der Waals surface area contributed by atoms with E-state index >= 15 is 0 Å². The van der Waals surface area contributed by atoms with Crippen LogP contribution in [0.25, 0.3) is 5.69 Å². The van der Waals surface area contributed by atoms with Crippen LogP contribution in [0.15, 0.2) is 36.9 Å². The molecule has 1 fully saturated rings. The summed E-state index contributed by atoms with van der Waals surface area (Å²) in [6.07, 6.45) is 5.88. The summed E-state index contributed by atoms with van der Waals surface area (Å²) < 4.78 is 38.5. The van der Waals surface area contributed by atoms with Gasteiger partial charge >= 0.3 is 6.03 Å². The fraction of sp³-hybridized carbons (Fsp3) is 0.412. The predicted molar refractivity (Wildman–Crippen MR) is 95.1 cm³/mol. The Bertz CT molecular complexity index is 854. The van der Waals surface area contributed by atoms with E-state index in [1.165, 1.54) is 12.4 Å². The lowest BCUT2D eigenvalue weighted by Gasteiger charge is -2.22. The molecule has 26 heavy (non-hydrogen) atoms. The quantitative estimate of drug-likeness (QED) is 0.825. The third kappa shape index (κ3) is 4.81. The number of rotatable bonds is 5. The Hall–Kier alpha value is -2.42. The molecule has 140 valence electrons. The number of nitrogens with zero attached hydrogens (tertiary/aromatic N) is 2. The number of sulfone groups is 1. The van der Waals surface area contributed by atoms with Gasteiger partial charge < -0.3 is 15.2 Å². The summed E-state index contributed by atoms with van der Waals surface area (Å²) in [7, 11) is -2.89. The molecule has 2 N–H and O–H groups in total. The van der Waals surface area contributed by atoms with Crippen LogP contribution < -0.4 is 10.6 Å². The van der Waals surface area contributed by atoms with Gasteiger partial charge in [-0.15, -0.1) is 0 Å². The van der Waals surface area contributed by atoms with Gasteiger partial charge in [0, 0.05) is 25.5 Å². The highest BCUT2D eigenvalue weighted by Crippen LogP contribution is 2.18. The first-order valence-corrected chi connectivity index (χ1v) is 10.2. The molecule has 3 rings (SSSR count). The minimum Gasteiger partial charge on any atom is -0.338 e. The van der Waals surface area contributed by atoms with Crippen LogP contribution in [0.2, 0.25) is 0 Å². The van der Waals surface area contributed by atoms with Crippen LogP contribution in [0.3, 0.4) is 0 Å². The molecule has 2 amide bonds. The Balaban J connectivity index is 1.45. The standard InChI is InChI=1S/C17H21FN4O3S/c18-15-9-14(1-2-16(15)22-6-5-19-12-22)11-21-17(23)20-10-13-3-7-26(24,25)8-4-13/h1-2,5-6,9,12-13H,3-4,7-8,10-11H2,(H2,20,21,23). The van der Waals surface area contributed by atoms with Gasteiger partial charge in [0.05, 0.1) is 23.5 Å². The van der Waals surface area contributed by atoms with E-state index in [1.54, 1.807) is 29.1 Å². The molecule has 0 saturated carbocycles. The van der Waals surface area contributed by atoms with Crippen molar-refractivity contribution < 1.29 is 17.6 Å². The molecule has 1 saturated heterocycles. The first-order valence-electron chi connectivity index (χ1n) is 8.42. The van der Waals surface area contributed by atoms with Crippen molar-refractivity contribution in [2.24, 2.45) is 5.92 Å². The normalized spacial score (nSPS) is 17.0. The fourth-order valence-corrected chi connectivity index (χ4v) is 4.49. The molecule has 2 aromatic rings. The Morgan fingerprint density at radius 3 is 2.69 bits per heavy atom. The maximum Gasteiger partial charge on any atom is 0.315 e. The second kappa shape index (κ2) is 7.86.